The molecule has 0 spiro atoms. The standard InChI is InChI=1S/C17H30O5Si/c1-5-20-23(21-6-2,22-7-3)12-8-11-19-17(18)13(4)16-14-9-10-15(14)16/h14-16H,4-12H2,1-3H3. The summed E-state index contributed by atoms with van der Waals surface area (Å²) in [5, 5.41) is 0. The van der Waals surface area contributed by atoms with E-state index in [9.17, 15) is 4.79 Å². The molecule has 6 heteroatoms. The monoisotopic (exact) mass is 342 g/mol. The van der Waals surface area contributed by atoms with Gasteiger partial charge in [-0.25, -0.2) is 4.79 Å². The number of hydrogen-bond acceptors (Lipinski definition) is 5. The molecule has 0 aromatic rings. The fourth-order valence-electron chi connectivity index (χ4n) is 3.56. The Balaban J connectivity index is 1.71. The lowest BCUT2D eigenvalue weighted by Crippen LogP contribution is -2.46. The van der Waals surface area contributed by atoms with Gasteiger partial charge < -0.3 is 18.0 Å². The van der Waals surface area contributed by atoms with Crippen molar-refractivity contribution >= 4 is 14.8 Å². The number of ether oxygens (including phenoxy) is 1. The minimum Gasteiger partial charge on any atom is -0.462 e. The molecule has 0 bridgehead atoms. The van der Waals surface area contributed by atoms with Crippen LogP contribution in [0, 0.1) is 17.8 Å². The summed E-state index contributed by atoms with van der Waals surface area (Å²) in [6.45, 7) is 11.8. The van der Waals surface area contributed by atoms with E-state index in [1.165, 1.54) is 12.8 Å². The molecule has 2 aliphatic rings. The molecule has 2 saturated carbocycles. The van der Waals surface area contributed by atoms with Crippen LogP contribution in [0.4, 0.5) is 0 Å². The van der Waals surface area contributed by atoms with E-state index < -0.39 is 8.80 Å². The average Bonchev–Trinajstić information content (AvgIpc) is 3.03. The third kappa shape index (κ3) is 4.44. The van der Waals surface area contributed by atoms with Crippen molar-refractivity contribution in [3.63, 3.8) is 0 Å². The highest BCUT2D eigenvalue weighted by molar-refractivity contribution is 6.60. The predicted molar refractivity (Wildman–Crippen MR) is 89.9 cm³/mol. The van der Waals surface area contributed by atoms with E-state index in [-0.39, 0.29) is 5.97 Å². The zero-order valence-corrected chi connectivity index (χ0v) is 15.6. The maximum Gasteiger partial charge on any atom is 0.501 e. The van der Waals surface area contributed by atoms with Crippen molar-refractivity contribution in [3.8, 4) is 0 Å². The Morgan fingerprint density at radius 3 is 2.00 bits per heavy atom. The van der Waals surface area contributed by atoms with E-state index in [1.807, 2.05) is 20.8 Å². The molecule has 2 atom stereocenters. The van der Waals surface area contributed by atoms with Crippen LogP contribution in [0.2, 0.25) is 6.04 Å². The molecule has 23 heavy (non-hydrogen) atoms. The molecular weight excluding hydrogens is 312 g/mol. The molecule has 0 saturated heterocycles. The van der Waals surface area contributed by atoms with Gasteiger partial charge in [-0.2, -0.15) is 0 Å². The quantitative estimate of drug-likeness (QED) is 0.236. The van der Waals surface area contributed by atoms with Gasteiger partial charge in [-0.3, -0.25) is 0 Å². The van der Waals surface area contributed by atoms with Gasteiger partial charge in [0.25, 0.3) is 0 Å². The van der Waals surface area contributed by atoms with Crippen LogP contribution in [0.3, 0.4) is 0 Å². The molecule has 2 aliphatic carbocycles. The average molecular weight is 343 g/mol. The van der Waals surface area contributed by atoms with Crippen molar-refractivity contribution < 1.29 is 22.8 Å². The molecule has 2 rings (SSSR count). The molecule has 0 aliphatic heterocycles. The first-order valence-corrected chi connectivity index (χ1v) is 10.8. The smallest absolute Gasteiger partial charge is 0.462 e. The van der Waals surface area contributed by atoms with Crippen molar-refractivity contribution in [2.75, 3.05) is 26.4 Å². The molecule has 132 valence electrons. The lowest BCUT2D eigenvalue weighted by atomic mass is 10.0. The van der Waals surface area contributed by atoms with Crippen LogP contribution in [0.1, 0.15) is 40.0 Å². The first-order chi connectivity index (χ1) is 11.1. The van der Waals surface area contributed by atoms with E-state index in [0.717, 1.165) is 0 Å². The van der Waals surface area contributed by atoms with E-state index in [2.05, 4.69) is 6.58 Å². The Bertz CT molecular complexity index is 398. The highest BCUT2D eigenvalue weighted by Gasteiger charge is 2.58. The van der Waals surface area contributed by atoms with Gasteiger partial charge in [-0.05, 0) is 57.8 Å². The molecule has 0 aromatic heterocycles. The molecule has 0 aromatic carbocycles. The minimum absolute atomic E-state index is 0.235. The molecule has 2 unspecified atom stereocenters. The third-order valence-corrected chi connectivity index (χ3v) is 7.93. The van der Waals surface area contributed by atoms with Gasteiger partial charge in [-0.15, -0.1) is 0 Å². The van der Waals surface area contributed by atoms with Crippen molar-refractivity contribution in [1.82, 2.24) is 0 Å². The second-order valence-corrected chi connectivity index (χ2v) is 8.91. The Labute approximate surface area is 140 Å². The normalized spacial score (nSPS) is 25.4. The summed E-state index contributed by atoms with van der Waals surface area (Å²) in [6, 6.07) is 0.664. The molecule has 0 heterocycles. The van der Waals surface area contributed by atoms with Crippen LogP contribution in [0.25, 0.3) is 0 Å². The van der Waals surface area contributed by atoms with Gasteiger partial charge in [0.1, 0.15) is 0 Å². The molecule has 0 N–H and O–H groups in total. The highest BCUT2D eigenvalue weighted by atomic mass is 28.4. The lowest BCUT2D eigenvalue weighted by molar-refractivity contribution is -0.139. The molecular formula is C17H30O5Si. The molecule has 0 amide bonds. The van der Waals surface area contributed by atoms with Crippen LogP contribution in [-0.2, 0) is 22.8 Å². The predicted octanol–water partition coefficient (Wildman–Crippen LogP) is 3.18. The topological polar surface area (TPSA) is 54.0 Å². The van der Waals surface area contributed by atoms with Gasteiger partial charge in [0.05, 0.1) is 6.61 Å². The van der Waals surface area contributed by atoms with E-state index in [4.69, 9.17) is 18.0 Å². The second kappa shape index (κ2) is 8.42. The number of carbonyl (C=O) groups excluding carboxylic acids is 1. The SMILES string of the molecule is C=C(C(=O)OCCC[Si](OCC)(OCC)OCC)C1C2CCC21. The number of esters is 1. The highest BCUT2D eigenvalue weighted by Crippen LogP contribution is 2.63. The van der Waals surface area contributed by atoms with Gasteiger partial charge in [0.15, 0.2) is 0 Å². The summed E-state index contributed by atoms with van der Waals surface area (Å²) in [4.78, 5) is 12.0. The summed E-state index contributed by atoms with van der Waals surface area (Å²) in [6.07, 6.45) is 3.17. The van der Waals surface area contributed by atoms with Crippen molar-refractivity contribution in [2.45, 2.75) is 46.1 Å². The Morgan fingerprint density at radius 2 is 1.57 bits per heavy atom. The van der Waals surface area contributed by atoms with Crippen molar-refractivity contribution in [1.29, 1.82) is 0 Å². The van der Waals surface area contributed by atoms with Crippen LogP contribution in [0.15, 0.2) is 12.2 Å². The van der Waals surface area contributed by atoms with Crippen molar-refractivity contribution in [3.05, 3.63) is 12.2 Å². The number of carbonyl (C=O) groups is 1. The summed E-state index contributed by atoms with van der Waals surface area (Å²) in [7, 11) is -2.63. The van der Waals surface area contributed by atoms with E-state index in [1.54, 1.807) is 0 Å². The maximum atomic E-state index is 12.0. The third-order valence-electron chi connectivity index (χ3n) is 4.78. The maximum absolute atomic E-state index is 12.0. The summed E-state index contributed by atoms with van der Waals surface area (Å²) < 4.78 is 22.7. The second-order valence-electron chi connectivity index (χ2n) is 6.18. The van der Waals surface area contributed by atoms with Crippen molar-refractivity contribution in [2.24, 2.45) is 17.8 Å². The van der Waals surface area contributed by atoms with E-state index >= 15 is 0 Å². The van der Waals surface area contributed by atoms with Crippen LogP contribution >= 0.6 is 0 Å². The van der Waals surface area contributed by atoms with Gasteiger partial charge >= 0.3 is 14.8 Å². The summed E-state index contributed by atoms with van der Waals surface area (Å²) >= 11 is 0. The molecule has 0 radical (unpaired) electrons. The Kier molecular flexibility index (Phi) is 6.82. The zero-order valence-electron chi connectivity index (χ0n) is 14.6. The summed E-state index contributed by atoms with van der Waals surface area (Å²) in [5.74, 6) is 1.58. The fourth-order valence-corrected chi connectivity index (χ4v) is 6.14. The largest absolute Gasteiger partial charge is 0.501 e. The fraction of sp³-hybridized carbons (Fsp3) is 0.824. The number of fused-ring (bicyclic) bond motifs is 1. The number of rotatable bonds is 12. The van der Waals surface area contributed by atoms with Crippen LogP contribution in [-0.4, -0.2) is 41.2 Å². The van der Waals surface area contributed by atoms with Gasteiger partial charge in [-0.1, -0.05) is 6.58 Å². The lowest BCUT2D eigenvalue weighted by Gasteiger charge is -2.28. The Morgan fingerprint density at radius 1 is 1.04 bits per heavy atom. The molecule has 2 fully saturated rings. The Hall–Kier alpha value is -0.693. The molecule has 5 nitrogen and oxygen atoms in total. The summed E-state index contributed by atoms with van der Waals surface area (Å²) in [5.41, 5.74) is 0.667. The zero-order chi connectivity index (χ0) is 16.9. The van der Waals surface area contributed by atoms with Gasteiger partial charge in [0.2, 0.25) is 0 Å². The van der Waals surface area contributed by atoms with Crippen LogP contribution < -0.4 is 0 Å². The van der Waals surface area contributed by atoms with Crippen LogP contribution in [0.5, 0.6) is 0 Å². The van der Waals surface area contributed by atoms with E-state index in [0.29, 0.717) is 62.2 Å². The first-order valence-electron chi connectivity index (χ1n) is 8.86. The number of hydrogen-bond donors (Lipinski definition) is 0. The first kappa shape index (κ1) is 18.6. The minimum atomic E-state index is -2.63. The van der Waals surface area contributed by atoms with Gasteiger partial charge in [0, 0.05) is 31.4 Å².